The molecule has 1 N–H and O–H groups in total. The molecule has 1 heterocycles. The summed E-state index contributed by atoms with van der Waals surface area (Å²) >= 11 is 0. The van der Waals surface area contributed by atoms with Gasteiger partial charge in [0.25, 0.3) is 0 Å². The normalized spacial score (nSPS) is 26.9. The second kappa shape index (κ2) is 6.97. The Balaban J connectivity index is 0.00000176. The van der Waals surface area contributed by atoms with Gasteiger partial charge in [-0.25, -0.2) is 4.39 Å². The maximum atomic E-state index is 13.8. The van der Waals surface area contributed by atoms with Crippen molar-refractivity contribution in [1.29, 1.82) is 0 Å². The van der Waals surface area contributed by atoms with Crippen molar-refractivity contribution < 1.29 is 9.18 Å². The zero-order valence-electron chi connectivity index (χ0n) is 13.0. The molecule has 0 unspecified atom stereocenters. The van der Waals surface area contributed by atoms with Gasteiger partial charge in [0.05, 0.1) is 5.41 Å². The molecule has 1 saturated heterocycles. The molecule has 1 aromatic rings. The van der Waals surface area contributed by atoms with Crippen LogP contribution in [0.1, 0.15) is 31.2 Å². The molecule has 1 saturated carbocycles. The summed E-state index contributed by atoms with van der Waals surface area (Å²) in [6.07, 6.45) is 4.44. The fourth-order valence-corrected chi connectivity index (χ4v) is 4.00. The lowest BCUT2D eigenvalue weighted by molar-refractivity contribution is -0.144. The van der Waals surface area contributed by atoms with Gasteiger partial charge < -0.3 is 10.2 Å². The van der Waals surface area contributed by atoms with E-state index < -0.39 is 0 Å². The van der Waals surface area contributed by atoms with Gasteiger partial charge >= 0.3 is 0 Å². The van der Waals surface area contributed by atoms with Gasteiger partial charge in [-0.05, 0) is 31.4 Å². The molecule has 5 heteroatoms. The summed E-state index contributed by atoms with van der Waals surface area (Å²) in [5.41, 5.74) is 0.334. The average molecular weight is 327 g/mol. The number of hydrogen-bond acceptors (Lipinski definition) is 2. The minimum absolute atomic E-state index is 0. The third-order valence-electron chi connectivity index (χ3n) is 5.18. The van der Waals surface area contributed by atoms with Crippen LogP contribution in [0.3, 0.4) is 0 Å². The maximum Gasteiger partial charge on any atom is 0.230 e. The summed E-state index contributed by atoms with van der Waals surface area (Å²) in [5, 5.41) is 3.39. The zero-order valence-corrected chi connectivity index (χ0v) is 13.8. The molecule has 2 fully saturated rings. The summed E-state index contributed by atoms with van der Waals surface area (Å²) in [7, 11) is 1.80. The Kier molecular flexibility index (Phi) is 5.45. The number of carbonyl (C=O) groups excluding carboxylic acids is 1. The van der Waals surface area contributed by atoms with E-state index >= 15 is 0 Å². The van der Waals surface area contributed by atoms with E-state index in [0.29, 0.717) is 18.0 Å². The van der Waals surface area contributed by atoms with Crippen LogP contribution >= 0.6 is 12.4 Å². The van der Waals surface area contributed by atoms with Crippen LogP contribution in [0.2, 0.25) is 0 Å². The van der Waals surface area contributed by atoms with Crippen LogP contribution < -0.4 is 5.32 Å². The quantitative estimate of drug-likeness (QED) is 0.926. The average Bonchev–Trinajstić information content (AvgIpc) is 2.93. The number of hydrogen-bond donors (Lipinski definition) is 1. The van der Waals surface area contributed by atoms with Crippen LogP contribution in [0.5, 0.6) is 0 Å². The number of benzene rings is 1. The van der Waals surface area contributed by atoms with Crippen molar-refractivity contribution in [2.45, 2.75) is 32.2 Å². The molecule has 3 nitrogen and oxygen atoms in total. The summed E-state index contributed by atoms with van der Waals surface area (Å²) in [6, 6.07) is 6.70. The van der Waals surface area contributed by atoms with Gasteiger partial charge in [-0.15, -0.1) is 12.4 Å². The highest BCUT2D eigenvalue weighted by Crippen LogP contribution is 2.45. The van der Waals surface area contributed by atoms with Gasteiger partial charge in [0.15, 0.2) is 0 Å². The van der Waals surface area contributed by atoms with E-state index in [2.05, 4.69) is 5.32 Å². The van der Waals surface area contributed by atoms with E-state index in [1.807, 2.05) is 6.07 Å². The topological polar surface area (TPSA) is 32.3 Å². The fraction of sp³-hybridized carbons (Fsp3) is 0.588. The minimum atomic E-state index is -0.252. The Labute approximate surface area is 137 Å². The van der Waals surface area contributed by atoms with Gasteiger partial charge in [-0.1, -0.05) is 31.0 Å². The highest BCUT2D eigenvalue weighted by molar-refractivity contribution is 5.85. The van der Waals surface area contributed by atoms with Crippen molar-refractivity contribution in [3.8, 4) is 0 Å². The second-order valence-corrected chi connectivity index (χ2v) is 6.48. The highest BCUT2D eigenvalue weighted by atomic mass is 35.5. The molecule has 0 bridgehead atoms. The van der Waals surface area contributed by atoms with E-state index in [-0.39, 0.29) is 29.5 Å². The van der Waals surface area contributed by atoms with Crippen molar-refractivity contribution in [2.75, 3.05) is 20.1 Å². The van der Waals surface area contributed by atoms with Crippen LogP contribution in [0.25, 0.3) is 0 Å². The third-order valence-corrected chi connectivity index (χ3v) is 5.18. The molecular formula is C17H24ClFN2O. The monoisotopic (exact) mass is 326 g/mol. The first-order chi connectivity index (χ1) is 10.1. The number of nitrogens with one attached hydrogen (secondary N) is 1. The van der Waals surface area contributed by atoms with Crippen LogP contribution in [0.15, 0.2) is 24.3 Å². The molecule has 122 valence electrons. The van der Waals surface area contributed by atoms with E-state index in [4.69, 9.17) is 0 Å². The lowest BCUT2D eigenvalue weighted by Crippen LogP contribution is -2.48. The summed E-state index contributed by atoms with van der Waals surface area (Å²) in [4.78, 5) is 14.7. The van der Waals surface area contributed by atoms with Crippen LogP contribution in [-0.2, 0) is 11.3 Å². The van der Waals surface area contributed by atoms with Crippen molar-refractivity contribution in [1.82, 2.24) is 10.2 Å². The molecule has 0 radical (unpaired) electrons. The zero-order chi connectivity index (χ0) is 14.9. The van der Waals surface area contributed by atoms with Gasteiger partial charge in [-0.2, -0.15) is 0 Å². The standard InChI is InChI=1S/C17H23FN2O.ClH/c1-20(11-13-6-2-3-8-15(13)18)16(21)17-9-5-4-7-14(17)10-19-12-17;/h2-3,6,8,14,19H,4-5,7,9-12H2,1H3;1H/t14-,17+;/m0./s1. The molecular weight excluding hydrogens is 303 g/mol. The Morgan fingerprint density at radius 3 is 2.95 bits per heavy atom. The number of amides is 1. The molecule has 1 aliphatic heterocycles. The predicted octanol–water partition coefficient (Wildman–Crippen LogP) is 2.99. The Morgan fingerprint density at radius 2 is 2.18 bits per heavy atom. The van der Waals surface area contributed by atoms with Crippen LogP contribution in [0.4, 0.5) is 4.39 Å². The second-order valence-electron chi connectivity index (χ2n) is 6.48. The summed E-state index contributed by atoms with van der Waals surface area (Å²) in [6.45, 7) is 2.07. The third kappa shape index (κ3) is 2.99. The van der Waals surface area contributed by atoms with E-state index in [0.717, 1.165) is 32.4 Å². The van der Waals surface area contributed by atoms with E-state index in [1.54, 1.807) is 24.1 Å². The van der Waals surface area contributed by atoms with Gasteiger partial charge in [0.1, 0.15) is 5.82 Å². The van der Waals surface area contributed by atoms with Gasteiger partial charge in [0.2, 0.25) is 5.91 Å². The summed E-state index contributed by atoms with van der Waals surface area (Å²) < 4.78 is 13.8. The number of fused-ring (bicyclic) bond motifs is 1. The SMILES string of the molecule is CN(Cc1ccccc1F)C(=O)[C@@]12CCCC[C@H]1CNC2.Cl. The first-order valence-corrected chi connectivity index (χ1v) is 7.83. The van der Waals surface area contributed by atoms with E-state index in [9.17, 15) is 9.18 Å². The van der Waals surface area contributed by atoms with E-state index in [1.165, 1.54) is 12.5 Å². The smallest absolute Gasteiger partial charge is 0.230 e. The Bertz CT molecular complexity index is 539. The Hall–Kier alpha value is -1.13. The first-order valence-electron chi connectivity index (χ1n) is 7.83. The van der Waals surface area contributed by atoms with Crippen molar-refractivity contribution in [2.24, 2.45) is 11.3 Å². The molecule has 0 spiro atoms. The number of carbonyl (C=O) groups is 1. The predicted molar refractivity (Wildman–Crippen MR) is 87.4 cm³/mol. The lowest BCUT2D eigenvalue weighted by Gasteiger charge is -2.39. The van der Waals surface area contributed by atoms with Crippen molar-refractivity contribution in [3.05, 3.63) is 35.6 Å². The summed E-state index contributed by atoms with van der Waals surface area (Å²) in [5.74, 6) is 0.390. The molecule has 2 aliphatic rings. The highest BCUT2D eigenvalue weighted by Gasteiger charge is 2.50. The van der Waals surface area contributed by atoms with Gasteiger partial charge in [-0.3, -0.25) is 4.79 Å². The van der Waals surface area contributed by atoms with Crippen molar-refractivity contribution >= 4 is 18.3 Å². The maximum absolute atomic E-state index is 13.8. The number of rotatable bonds is 3. The molecule has 2 atom stereocenters. The molecule has 22 heavy (non-hydrogen) atoms. The molecule has 3 rings (SSSR count). The number of halogens is 2. The van der Waals surface area contributed by atoms with Gasteiger partial charge in [0, 0.05) is 25.7 Å². The number of nitrogens with zero attached hydrogens (tertiary/aromatic N) is 1. The molecule has 1 aromatic carbocycles. The van der Waals surface area contributed by atoms with Crippen LogP contribution in [0, 0.1) is 17.2 Å². The first kappa shape index (κ1) is 17.2. The lowest BCUT2D eigenvalue weighted by atomic mass is 9.67. The van der Waals surface area contributed by atoms with Crippen LogP contribution in [-0.4, -0.2) is 30.9 Å². The fourth-order valence-electron chi connectivity index (χ4n) is 4.00. The Morgan fingerprint density at radius 1 is 1.41 bits per heavy atom. The van der Waals surface area contributed by atoms with Crippen molar-refractivity contribution in [3.63, 3.8) is 0 Å². The molecule has 0 aromatic heterocycles. The molecule has 1 aliphatic carbocycles. The largest absolute Gasteiger partial charge is 0.341 e. The minimum Gasteiger partial charge on any atom is -0.341 e. The molecule has 1 amide bonds.